The molecule has 0 aliphatic heterocycles. The molecule has 31 heavy (non-hydrogen) atoms. The van der Waals surface area contributed by atoms with Crippen molar-refractivity contribution in [3.05, 3.63) is 83.0 Å². The summed E-state index contributed by atoms with van der Waals surface area (Å²) >= 11 is 5.92. The van der Waals surface area contributed by atoms with E-state index < -0.39 is 0 Å². The smallest absolute Gasteiger partial charge is 0.215 e. The standard InChI is InChI=1S/C24H24ClN3O3/c1-17-21(16-30-23-10-3-9-22(25)28-23)31-20-8-2-7-19(24(17)20)29-13-5-12-27-15-18-6-4-11-26-14-18/h2-4,6-11,14,27H,5,12-13,15-16H2,1H3. The van der Waals surface area contributed by atoms with Gasteiger partial charge in [0.05, 0.1) is 12.0 Å². The average Bonchev–Trinajstić information content (AvgIpc) is 3.12. The van der Waals surface area contributed by atoms with E-state index in [9.17, 15) is 0 Å². The Labute approximate surface area is 186 Å². The molecule has 0 saturated carbocycles. The highest BCUT2D eigenvalue weighted by molar-refractivity contribution is 6.29. The summed E-state index contributed by atoms with van der Waals surface area (Å²) in [6, 6.07) is 15.1. The lowest BCUT2D eigenvalue weighted by molar-refractivity contribution is 0.263. The van der Waals surface area contributed by atoms with Crippen LogP contribution in [0.4, 0.5) is 0 Å². The minimum Gasteiger partial charge on any atom is -0.493 e. The number of benzene rings is 1. The molecule has 0 bridgehead atoms. The van der Waals surface area contributed by atoms with Crippen molar-refractivity contribution in [1.29, 1.82) is 0 Å². The van der Waals surface area contributed by atoms with Crippen molar-refractivity contribution in [2.75, 3.05) is 13.2 Å². The van der Waals surface area contributed by atoms with Crippen molar-refractivity contribution in [3.63, 3.8) is 0 Å². The SMILES string of the molecule is Cc1c(COc2cccc(Cl)n2)oc2cccc(OCCCNCc3cccnc3)c12. The maximum Gasteiger partial charge on any atom is 0.215 e. The summed E-state index contributed by atoms with van der Waals surface area (Å²) in [7, 11) is 0. The molecular formula is C24H24ClN3O3. The Bertz CT molecular complexity index is 1130. The Morgan fingerprint density at radius 3 is 2.81 bits per heavy atom. The molecule has 3 aromatic heterocycles. The zero-order valence-corrected chi connectivity index (χ0v) is 18.1. The highest BCUT2D eigenvalue weighted by Crippen LogP contribution is 2.33. The topological polar surface area (TPSA) is 69.4 Å². The maximum absolute atomic E-state index is 6.06. The van der Waals surface area contributed by atoms with E-state index in [1.54, 1.807) is 24.4 Å². The first-order valence-electron chi connectivity index (χ1n) is 10.2. The second kappa shape index (κ2) is 10.3. The Morgan fingerprint density at radius 2 is 1.97 bits per heavy atom. The van der Waals surface area contributed by atoms with Crippen molar-refractivity contribution >= 4 is 22.6 Å². The fraction of sp³-hybridized carbons (Fsp3) is 0.250. The van der Waals surface area contributed by atoms with Gasteiger partial charge in [0, 0.05) is 30.6 Å². The molecule has 1 N–H and O–H groups in total. The van der Waals surface area contributed by atoms with Crippen LogP contribution in [-0.2, 0) is 13.2 Å². The second-order valence-electron chi connectivity index (χ2n) is 7.11. The van der Waals surface area contributed by atoms with E-state index in [0.29, 0.717) is 17.6 Å². The Hall–Kier alpha value is -3.09. The summed E-state index contributed by atoms with van der Waals surface area (Å²) < 4.78 is 17.8. The van der Waals surface area contributed by atoms with Gasteiger partial charge in [-0.15, -0.1) is 0 Å². The molecule has 0 fully saturated rings. The number of aryl methyl sites for hydroxylation is 1. The number of halogens is 1. The molecule has 3 heterocycles. The number of ether oxygens (including phenoxy) is 2. The van der Waals surface area contributed by atoms with Crippen molar-refractivity contribution < 1.29 is 13.9 Å². The Balaban J connectivity index is 1.33. The molecule has 0 aliphatic carbocycles. The van der Waals surface area contributed by atoms with Crippen LogP contribution in [0.15, 0.2) is 65.3 Å². The molecule has 160 valence electrons. The molecular weight excluding hydrogens is 414 g/mol. The molecule has 7 heteroatoms. The van der Waals surface area contributed by atoms with Crippen molar-refractivity contribution in [2.45, 2.75) is 26.5 Å². The van der Waals surface area contributed by atoms with Gasteiger partial charge in [0.25, 0.3) is 0 Å². The number of nitrogens with zero attached hydrogens (tertiary/aromatic N) is 2. The van der Waals surface area contributed by atoms with Crippen LogP contribution in [0.1, 0.15) is 23.3 Å². The van der Waals surface area contributed by atoms with Gasteiger partial charge < -0.3 is 19.2 Å². The van der Waals surface area contributed by atoms with Crippen LogP contribution >= 0.6 is 11.6 Å². The van der Waals surface area contributed by atoms with Crippen LogP contribution in [0.25, 0.3) is 11.0 Å². The zero-order chi connectivity index (χ0) is 21.5. The number of pyridine rings is 2. The van der Waals surface area contributed by atoms with E-state index in [-0.39, 0.29) is 6.61 Å². The minimum atomic E-state index is 0.269. The number of aromatic nitrogens is 2. The molecule has 0 radical (unpaired) electrons. The number of hydrogen-bond acceptors (Lipinski definition) is 6. The molecule has 0 spiro atoms. The predicted molar refractivity (Wildman–Crippen MR) is 121 cm³/mol. The first-order valence-corrected chi connectivity index (χ1v) is 10.6. The molecule has 1 aromatic carbocycles. The van der Waals surface area contributed by atoms with E-state index >= 15 is 0 Å². The zero-order valence-electron chi connectivity index (χ0n) is 17.3. The van der Waals surface area contributed by atoms with Crippen LogP contribution in [0.5, 0.6) is 11.6 Å². The minimum absolute atomic E-state index is 0.269. The van der Waals surface area contributed by atoms with Crippen LogP contribution in [0.2, 0.25) is 5.15 Å². The fourth-order valence-corrected chi connectivity index (χ4v) is 3.45. The van der Waals surface area contributed by atoms with E-state index in [1.165, 1.54) is 5.56 Å². The number of furan rings is 1. The first kappa shape index (κ1) is 21.2. The average molecular weight is 438 g/mol. The van der Waals surface area contributed by atoms with Gasteiger partial charge in [0.1, 0.15) is 28.9 Å². The molecule has 0 unspecified atom stereocenters. The molecule has 0 atom stereocenters. The van der Waals surface area contributed by atoms with Crippen LogP contribution < -0.4 is 14.8 Å². The lowest BCUT2D eigenvalue weighted by Crippen LogP contribution is -2.17. The molecule has 6 nitrogen and oxygen atoms in total. The van der Waals surface area contributed by atoms with Crippen LogP contribution in [0.3, 0.4) is 0 Å². The van der Waals surface area contributed by atoms with Crippen molar-refractivity contribution in [3.8, 4) is 11.6 Å². The molecule has 0 aliphatic rings. The van der Waals surface area contributed by atoms with Crippen LogP contribution in [-0.4, -0.2) is 23.1 Å². The van der Waals surface area contributed by atoms with Gasteiger partial charge in [-0.05, 0) is 49.7 Å². The van der Waals surface area contributed by atoms with E-state index in [4.69, 9.17) is 25.5 Å². The van der Waals surface area contributed by atoms with E-state index in [2.05, 4.69) is 21.4 Å². The lowest BCUT2D eigenvalue weighted by atomic mass is 10.1. The van der Waals surface area contributed by atoms with Gasteiger partial charge in [-0.25, -0.2) is 4.98 Å². The first-order chi connectivity index (χ1) is 15.2. The third kappa shape index (κ3) is 5.54. The monoisotopic (exact) mass is 437 g/mol. The summed E-state index contributed by atoms with van der Waals surface area (Å²) in [4.78, 5) is 8.26. The molecule has 0 amide bonds. The quantitative estimate of drug-likeness (QED) is 0.267. The van der Waals surface area contributed by atoms with Crippen molar-refractivity contribution in [2.24, 2.45) is 0 Å². The van der Waals surface area contributed by atoms with E-state index in [0.717, 1.165) is 47.6 Å². The number of hydrogen-bond donors (Lipinski definition) is 1. The largest absolute Gasteiger partial charge is 0.493 e. The summed E-state index contributed by atoms with van der Waals surface area (Å²) in [6.45, 7) is 4.56. The normalized spacial score (nSPS) is 11.0. The number of rotatable bonds is 10. The number of nitrogens with one attached hydrogen (secondary N) is 1. The van der Waals surface area contributed by atoms with Gasteiger partial charge in [-0.1, -0.05) is 29.8 Å². The molecule has 0 saturated heterocycles. The summed E-state index contributed by atoms with van der Waals surface area (Å²) in [6.07, 6.45) is 4.54. The van der Waals surface area contributed by atoms with Crippen molar-refractivity contribution in [1.82, 2.24) is 15.3 Å². The third-order valence-electron chi connectivity index (χ3n) is 4.86. The highest BCUT2D eigenvalue weighted by Gasteiger charge is 2.15. The van der Waals surface area contributed by atoms with Gasteiger partial charge >= 0.3 is 0 Å². The van der Waals surface area contributed by atoms with Gasteiger partial charge in [0.2, 0.25) is 5.88 Å². The van der Waals surface area contributed by atoms with E-state index in [1.807, 2.05) is 37.4 Å². The Kier molecular flexibility index (Phi) is 7.02. The second-order valence-corrected chi connectivity index (χ2v) is 7.49. The highest BCUT2D eigenvalue weighted by atomic mass is 35.5. The number of fused-ring (bicyclic) bond motifs is 1. The van der Waals surface area contributed by atoms with Gasteiger partial charge in [-0.3, -0.25) is 4.98 Å². The van der Waals surface area contributed by atoms with Gasteiger partial charge in [-0.2, -0.15) is 0 Å². The van der Waals surface area contributed by atoms with Gasteiger partial charge in [0.15, 0.2) is 0 Å². The molecule has 4 rings (SSSR count). The third-order valence-corrected chi connectivity index (χ3v) is 5.07. The summed E-state index contributed by atoms with van der Waals surface area (Å²) in [5.41, 5.74) is 2.95. The lowest BCUT2D eigenvalue weighted by Gasteiger charge is -2.09. The Morgan fingerprint density at radius 1 is 1.06 bits per heavy atom. The molecule has 4 aromatic rings. The van der Waals surface area contributed by atoms with Crippen LogP contribution in [0, 0.1) is 6.92 Å². The maximum atomic E-state index is 6.06. The summed E-state index contributed by atoms with van der Waals surface area (Å²) in [5, 5.41) is 4.77. The predicted octanol–water partition coefficient (Wildman–Crippen LogP) is 5.32. The summed E-state index contributed by atoms with van der Waals surface area (Å²) in [5.74, 6) is 2.02. The fourth-order valence-electron chi connectivity index (χ4n) is 3.30.